The summed E-state index contributed by atoms with van der Waals surface area (Å²) in [4.78, 5) is 14.3. The third kappa shape index (κ3) is 4.77. The minimum atomic E-state index is -3.10. The molecular weight excluding hydrogens is 374 g/mol. The Bertz CT molecular complexity index is 915. The number of aryl methyl sites for hydroxylation is 1. The van der Waals surface area contributed by atoms with Crippen molar-refractivity contribution in [2.75, 3.05) is 11.5 Å². The van der Waals surface area contributed by atoms with Crippen molar-refractivity contribution in [1.29, 1.82) is 0 Å². The highest BCUT2D eigenvalue weighted by Gasteiger charge is 2.34. The first-order chi connectivity index (χ1) is 12.3. The Morgan fingerprint density at radius 1 is 1.27 bits per heavy atom. The first-order valence-corrected chi connectivity index (χ1v) is 10.5. The molecule has 7 heteroatoms. The average molecular weight is 394 g/mol. The number of carbonyl (C=O) groups excluding carboxylic acids is 1. The summed E-state index contributed by atoms with van der Waals surface area (Å²) in [7, 11) is -3.10. The Morgan fingerprint density at radius 3 is 2.58 bits per heavy atom. The molecule has 2 aromatic rings. The van der Waals surface area contributed by atoms with Crippen molar-refractivity contribution < 1.29 is 17.6 Å². The summed E-state index contributed by atoms with van der Waals surface area (Å²) in [5, 5.41) is 0.624. The van der Waals surface area contributed by atoms with Crippen LogP contribution in [0.15, 0.2) is 46.9 Å². The Labute approximate surface area is 158 Å². The molecule has 26 heavy (non-hydrogen) atoms. The minimum absolute atomic E-state index is 0.00673. The van der Waals surface area contributed by atoms with E-state index in [4.69, 9.17) is 16.0 Å². The zero-order valence-corrected chi connectivity index (χ0v) is 16.0. The number of hydrogen-bond donors (Lipinski definition) is 0. The van der Waals surface area contributed by atoms with Gasteiger partial charge in [0.05, 0.1) is 18.1 Å². The van der Waals surface area contributed by atoms with Gasteiger partial charge in [0.2, 0.25) is 5.91 Å². The van der Waals surface area contributed by atoms with Crippen molar-refractivity contribution in [3.05, 3.63) is 64.6 Å². The molecule has 1 aliphatic rings. The quantitative estimate of drug-likeness (QED) is 0.729. The van der Waals surface area contributed by atoms with E-state index in [2.05, 4.69) is 0 Å². The molecule has 0 spiro atoms. The number of sulfone groups is 1. The summed E-state index contributed by atoms with van der Waals surface area (Å²) in [5.41, 5.74) is 0.843. The predicted octanol–water partition coefficient (Wildman–Crippen LogP) is 3.47. The second-order valence-electron chi connectivity index (χ2n) is 6.42. The molecule has 5 nitrogen and oxygen atoms in total. The summed E-state index contributed by atoms with van der Waals surface area (Å²) in [6, 6.07) is 10.4. The normalized spacial score (nSPS) is 19.1. The predicted molar refractivity (Wildman–Crippen MR) is 102 cm³/mol. The van der Waals surface area contributed by atoms with Gasteiger partial charge < -0.3 is 9.32 Å². The lowest BCUT2D eigenvalue weighted by Crippen LogP contribution is -2.39. The molecule has 1 aromatic carbocycles. The van der Waals surface area contributed by atoms with Gasteiger partial charge in [0.15, 0.2) is 9.84 Å². The van der Waals surface area contributed by atoms with Crippen molar-refractivity contribution in [1.82, 2.24) is 4.90 Å². The van der Waals surface area contributed by atoms with Gasteiger partial charge in [0.25, 0.3) is 0 Å². The first kappa shape index (κ1) is 18.7. The summed E-state index contributed by atoms with van der Waals surface area (Å²) in [5.74, 6) is 1.26. The zero-order chi connectivity index (χ0) is 18.7. The minimum Gasteiger partial charge on any atom is -0.464 e. The smallest absolute Gasteiger partial charge is 0.247 e. The van der Waals surface area contributed by atoms with Crippen molar-refractivity contribution in [2.24, 2.45) is 0 Å². The van der Waals surface area contributed by atoms with Gasteiger partial charge in [-0.1, -0.05) is 23.7 Å². The molecule has 2 heterocycles. The maximum Gasteiger partial charge on any atom is 0.247 e. The Balaban J connectivity index is 1.79. The van der Waals surface area contributed by atoms with Crippen LogP contribution in [0.25, 0.3) is 6.08 Å². The van der Waals surface area contributed by atoms with Gasteiger partial charge in [0.1, 0.15) is 11.5 Å². The van der Waals surface area contributed by atoms with Crippen LogP contribution in [0.4, 0.5) is 0 Å². The second kappa shape index (κ2) is 7.68. The lowest BCUT2D eigenvalue weighted by Gasteiger charge is -2.26. The van der Waals surface area contributed by atoms with Crippen molar-refractivity contribution in [3.63, 3.8) is 0 Å². The number of nitrogens with zero attached hydrogens (tertiary/aromatic N) is 1. The first-order valence-electron chi connectivity index (χ1n) is 8.32. The fraction of sp³-hybridized carbons (Fsp3) is 0.316. The van der Waals surface area contributed by atoms with Crippen LogP contribution in [-0.2, 0) is 21.2 Å². The lowest BCUT2D eigenvalue weighted by molar-refractivity contribution is -0.128. The molecule has 0 saturated carbocycles. The Hall–Kier alpha value is -2.05. The molecule has 1 fully saturated rings. The number of carbonyl (C=O) groups is 1. The van der Waals surface area contributed by atoms with E-state index in [1.165, 1.54) is 6.08 Å². The molecule has 1 amide bonds. The van der Waals surface area contributed by atoms with Crippen LogP contribution in [-0.4, -0.2) is 36.8 Å². The van der Waals surface area contributed by atoms with E-state index in [1.54, 1.807) is 23.1 Å². The number of rotatable bonds is 5. The van der Waals surface area contributed by atoms with E-state index < -0.39 is 9.84 Å². The van der Waals surface area contributed by atoms with Gasteiger partial charge in [0, 0.05) is 17.1 Å². The molecule has 3 rings (SSSR count). The fourth-order valence-corrected chi connectivity index (χ4v) is 4.84. The third-order valence-electron chi connectivity index (χ3n) is 4.34. The Kier molecular flexibility index (Phi) is 5.53. The molecule has 1 aromatic heterocycles. The van der Waals surface area contributed by atoms with Crippen LogP contribution in [0.5, 0.6) is 0 Å². The highest BCUT2D eigenvalue weighted by atomic mass is 35.5. The average Bonchev–Trinajstić information content (AvgIpc) is 3.16. The standard InChI is InChI=1S/C19H20ClNO4S/c1-14-2-8-18(25-14)12-21(17-10-11-26(23,24)13-17)19(22)9-5-15-3-6-16(20)7-4-15/h2-9,17H,10-13H2,1H3/b9-5+. The van der Waals surface area contributed by atoms with E-state index in [0.29, 0.717) is 17.2 Å². The molecular formula is C19H20ClNO4S. The van der Waals surface area contributed by atoms with Crippen LogP contribution < -0.4 is 0 Å². The summed E-state index contributed by atoms with van der Waals surface area (Å²) in [6.45, 7) is 2.08. The lowest BCUT2D eigenvalue weighted by atomic mass is 10.2. The van der Waals surface area contributed by atoms with Gasteiger partial charge in [-0.15, -0.1) is 0 Å². The van der Waals surface area contributed by atoms with Gasteiger partial charge in [-0.25, -0.2) is 8.42 Å². The van der Waals surface area contributed by atoms with Gasteiger partial charge in [-0.2, -0.15) is 0 Å². The Morgan fingerprint density at radius 2 is 2.00 bits per heavy atom. The summed E-state index contributed by atoms with van der Waals surface area (Å²) in [6.07, 6.45) is 3.61. The fourth-order valence-electron chi connectivity index (χ4n) is 2.98. The molecule has 138 valence electrons. The monoisotopic (exact) mass is 393 g/mol. The van der Waals surface area contributed by atoms with Crippen LogP contribution in [0.2, 0.25) is 5.02 Å². The number of benzene rings is 1. The van der Waals surface area contributed by atoms with Crippen LogP contribution >= 0.6 is 11.6 Å². The second-order valence-corrected chi connectivity index (χ2v) is 9.09. The zero-order valence-electron chi connectivity index (χ0n) is 14.4. The molecule has 1 unspecified atom stereocenters. The van der Waals surface area contributed by atoms with E-state index >= 15 is 0 Å². The van der Waals surface area contributed by atoms with Gasteiger partial charge in [-0.3, -0.25) is 4.79 Å². The van der Waals surface area contributed by atoms with Crippen LogP contribution in [0.3, 0.4) is 0 Å². The maximum atomic E-state index is 12.8. The molecule has 1 aliphatic heterocycles. The molecule has 0 radical (unpaired) electrons. The van der Waals surface area contributed by atoms with Crippen molar-refractivity contribution in [2.45, 2.75) is 25.9 Å². The van der Waals surface area contributed by atoms with E-state index in [1.807, 2.05) is 31.2 Å². The molecule has 0 bridgehead atoms. The topological polar surface area (TPSA) is 67.6 Å². The SMILES string of the molecule is Cc1ccc(CN(C(=O)/C=C/c2ccc(Cl)cc2)C2CCS(=O)(=O)C2)o1. The summed E-state index contributed by atoms with van der Waals surface area (Å²) < 4.78 is 29.3. The molecule has 0 aliphatic carbocycles. The highest BCUT2D eigenvalue weighted by Crippen LogP contribution is 2.22. The van der Waals surface area contributed by atoms with Gasteiger partial charge >= 0.3 is 0 Å². The molecule has 1 atom stereocenters. The molecule has 1 saturated heterocycles. The van der Waals surface area contributed by atoms with Gasteiger partial charge in [-0.05, 0) is 49.2 Å². The molecule has 0 N–H and O–H groups in total. The van der Waals surface area contributed by atoms with Crippen molar-refractivity contribution >= 4 is 33.4 Å². The summed E-state index contributed by atoms with van der Waals surface area (Å²) >= 11 is 5.86. The number of amides is 1. The number of hydrogen-bond acceptors (Lipinski definition) is 4. The number of furan rings is 1. The van der Waals surface area contributed by atoms with Crippen LogP contribution in [0, 0.1) is 6.92 Å². The largest absolute Gasteiger partial charge is 0.464 e. The van der Waals surface area contributed by atoms with E-state index in [-0.39, 0.29) is 30.0 Å². The highest BCUT2D eigenvalue weighted by molar-refractivity contribution is 7.91. The van der Waals surface area contributed by atoms with E-state index in [0.717, 1.165) is 11.3 Å². The number of halogens is 1. The third-order valence-corrected chi connectivity index (χ3v) is 6.35. The van der Waals surface area contributed by atoms with Crippen LogP contribution in [0.1, 0.15) is 23.5 Å². The van der Waals surface area contributed by atoms with E-state index in [9.17, 15) is 13.2 Å². The van der Waals surface area contributed by atoms with Crippen molar-refractivity contribution in [3.8, 4) is 0 Å². The maximum absolute atomic E-state index is 12.8.